The minimum Gasteiger partial charge on any atom is -0.338 e. The molecule has 0 radical (unpaired) electrons. The zero-order chi connectivity index (χ0) is 23.0. The van der Waals surface area contributed by atoms with Crippen molar-refractivity contribution in [2.45, 2.75) is 17.1 Å². The Morgan fingerprint density at radius 2 is 1.85 bits per heavy atom. The predicted octanol–water partition coefficient (Wildman–Crippen LogP) is 5.81. The largest absolute Gasteiger partial charge is 0.416 e. The van der Waals surface area contributed by atoms with Crippen molar-refractivity contribution < 1.29 is 17.7 Å². The summed E-state index contributed by atoms with van der Waals surface area (Å²) in [5.41, 5.74) is 0.487. The highest BCUT2D eigenvalue weighted by molar-refractivity contribution is 7.98. The van der Waals surface area contributed by atoms with Crippen molar-refractivity contribution in [1.29, 1.82) is 0 Å². The Bertz CT molecular complexity index is 1490. The highest BCUT2D eigenvalue weighted by Gasteiger charge is 2.30. The fourth-order valence-corrected chi connectivity index (χ4v) is 4.79. The summed E-state index contributed by atoms with van der Waals surface area (Å²) in [5.74, 6) is 0.436. The van der Waals surface area contributed by atoms with Crippen molar-refractivity contribution in [1.82, 2.24) is 19.7 Å². The second-order valence-corrected chi connectivity index (χ2v) is 8.74. The summed E-state index contributed by atoms with van der Waals surface area (Å²) in [6, 6.07) is 15.6. The van der Waals surface area contributed by atoms with E-state index in [1.807, 2.05) is 35.7 Å². The van der Waals surface area contributed by atoms with Crippen LogP contribution in [-0.4, -0.2) is 19.7 Å². The van der Waals surface area contributed by atoms with Gasteiger partial charge in [0, 0.05) is 5.56 Å². The van der Waals surface area contributed by atoms with Gasteiger partial charge >= 0.3 is 6.18 Å². The van der Waals surface area contributed by atoms with Gasteiger partial charge in [-0.2, -0.15) is 18.2 Å². The summed E-state index contributed by atoms with van der Waals surface area (Å²) in [6.07, 6.45) is -4.47. The maximum Gasteiger partial charge on any atom is 0.416 e. The first kappa shape index (κ1) is 21.4. The molecule has 0 aliphatic carbocycles. The molecule has 11 heteroatoms. The van der Waals surface area contributed by atoms with E-state index in [-0.39, 0.29) is 28.6 Å². The molecule has 0 N–H and O–H groups in total. The Balaban J connectivity index is 1.45. The lowest BCUT2D eigenvalue weighted by Crippen LogP contribution is -2.20. The summed E-state index contributed by atoms with van der Waals surface area (Å²) in [7, 11) is 0. The van der Waals surface area contributed by atoms with Gasteiger partial charge in [-0.3, -0.25) is 9.36 Å². The Morgan fingerprint density at radius 1 is 1.03 bits per heavy atom. The molecule has 0 atom stereocenters. The van der Waals surface area contributed by atoms with Crippen LogP contribution in [-0.2, 0) is 11.9 Å². The Labute approximate surface area is 192 Å². The Morgan fingerprint density at radius 3 is 2.64 bits per heavy atom. The first-order chi connectivity index (χ1) is 15.9. The minimum atomic E-state index is -4.47. The number of halogens is 3. The van der Waals surface area contributed by atoms with Gasteiger partial charge in [0.15, 0.2) is 5.16 Å². The molecule has 0 unspecified atom stereocenters. The molecule has 6 nitrogen and oxygen atoms in total. The highest BCUT2D eigenvalue weighted by atomic mass is 32.2. The number of alkyl halides is 3. The molecule has 0 amide bonds. The molecule has 2 aromatic carbocycles. The summed E-state index contributed by atoms with van der Waals surface area (Å²) in [5, 5.41) is 6.06. The minimum absolute atomic E-state index is 0.0541. The number of fused-ring (bicyclic) bond motifs is 1. The number of benzene rings is 2. The maximum absolute atomic E-state index is 13.1. The van der Waals surface area contributed by atoms with Gasteiger partial charge in [-0.1, -0.05) is 47.3 Å². The molecule has 0 bridgehead atoms. The molecule has 0 aliphatic rings. The van der Waals surface area contributed by atoms with Crippen LogP contribution in [0.5, 0.6) is 0 Å². The zero-order valence-electron chi connectivity index (χ0n) is 16.6. The van der Waals surface area contributed by atoms with Crippen LogP contribution < -0.4 is 5.56 Å². The number of thiophene rings is 1. The molecule has 0 aliphatic heterocycles. The number of hydrogen-bond donors (Lipinski definition) is 0. The van der Waals surface area contributed by atoms with Crippen molar-refractivity contribution in [2.75, 3.05) is 0 Å². The molecule has 166 valence electrons. The quantitative estimate of drug-likeness (QED) is 0.231. The Kier molecular flexibility index (Phi) is 5.51. The average molecular weight is 487 g/mol. The van der Waals surface area contributed by atoms with Gasteiger partial charge in [-0.15, -0.1) is 11.3 Å². The molecule has 3 aromatic heterocycles. The lowest BCUT2D eigenvalue weighted by molar-refractivity contribution is -0.137. The van der Waals surface area contributed by atoms with Gasteiger partial charge in [0.1, 0.15) is 4.70 Å². The second-order valence-electron chi connectivity index (χ2n) is 6.88. The first-order valence-electron chi connectivity index (χ1n) is 9.59. The molecule has 0 saturated carbocycles. The zero-order valence-corrected chi connectivity index (χ0v) is 18.2. The van der Waals surface area contributed by atoms with Crippen LogP contribution in [0.15, 0.2) is 80.5 Å². The third-order valence-electron chi connectivity index (χ3n) is 4.70. The van der Waals surface area contributed by atoms with E-state index in [2.05, 4.69) is 15.1 Å². The van der Waals surface area contributed by atoms with Gasteiger partial charge in [-0.25, -0.2) is 4.98 Å². The average Bonchev–Trinajstić information content (AvgIpc) is 3.48. The number of nitrogens with zero attached hydrogens (tertiary/aromatic N) is 4. The lowest BCUT2D eigenvalue weighted by Gasteiger charge is -2.11. The number of hydrogen-bond acceptors (Lipinski definition) is 7. The second kappa shape index (κ2) is 8.49. The molecule has 5 rings (SSSR count). The van der Waals surface area contributed by atoms with E-state index < -0.39 is 11.7 Å². The summed E-state index contributed by atoms with van der Waals surface area (Å²) >= 11 is 2.55. The van der Waals surface area contributed by atoms with Crippen molar-refractivity contribution in [2.24, 2.45) is 0 Å². The number of para-hydroxylation sites is 1. The molecule has 0 fully saturated rings. The molecule has 0 saturated heterocycles. The van der Waals surface area contributed by atoms with E-state index in [4.69, 9.17) is 4.52 Å². The molecule has 3 heterocycles. The summed E-state index contributed by atoms with van der Waals surface area (Å²) < 4.78 is 46.3. The van der Waals surface area contributed by atoms with E-state index in [0.717, 1.165) is 12.1 Å². The highest BCUT2D eigenvalue weighted by Crippen LogP contribution is 2.32. The maximum atomic E-state index is 13.1. The van der Waals surface area contributed by atoms with Crippen LogP contribution >= 0.6 is 23.1 Å². The lowest BCUT2D eigenvalue weighted by atomic mass is 10.1. The van der Waals surface area contributed by atoms with Crippen LogP contribution in [0, 0.1) is 0 Å². The van der Waals surface area contributed by atoms with Crippen molar-refractivity contribution in [3.8, 4) is 17.1 Å². The molecular formula is C22H13F3N4O2S2. The SMILES string of the molecule is O=c1c2sccc2nc(SCc2nc(-c3cccc(C(F)(F)F)c3)no2)n1-c1ccccc1. The monoisotopic (exact) mass is 486 g/mol. The smallest absolute Gasteiger partial charge is 0.338 e. The fourth-order valence-electron chi connectivity index (χ4n) is 3.19. The van der Waals surface area contributed by atoms with Gasteiger partial charge in [0.05, 0.1) is 22.5 Å². The van der Waals surface area contributed by atoms with E-state index in [9.17, 15) is 18.0 Å². The van der Waals surface area contributed by atoms with Crippen LogP contribution in [0.2, 0.25) is 0 Å². The molecule has 5 aromatic rings. The normalized spacial score (nSPS) is 11.8. The predicted molar refractivity (Wildman–Crippen MR) is 120 cm³/mol. The molecule has 33 heavy (non-hydrogen) atoms. The van der Waals surface area contributed by atoms with Gasteiger partial charge in [0.25, 0.3) is 5.56 Å². The third-order valence-corrected chi connectivity index (χ3v) is 6.52. The third kappa shape index (κ3) is 4.29. The molecule has 0 spiro atoms. The Hall–Kier alpha value is -3.44. The number of aromatic nitrogens is 4. The first-order valence-corrected chi connectivity index (χ1v) is 11.5. The van der Waals surface area contributed by atoms with Gasteiger partial charge in [0.2, 0.25) is 11.7 Å². The standard InChI is InChI=1S/C22H13F3N4O2S2/c23-22(24,25)14-6-4-5-13(11-14)19-27-17(31-28-19)12-33-21-26-16-9-10-32-18(16)20(30)29(21)15-7-2-1-3-8-15/h1-11H,12H2. The molecular weight excluding hydrogens is 473 g/mol. The van der Waals surface area contributed by atoms with Crippen molar-refractivity contribution in [3.63, 3.8) is 0 Å². The van der Waals surface area contributed by atoms with Crippen LogP contribution in [0.4, 0.5) is 13.2 Å². The van der Waals surface area contributed by atoms with Crippen LogP contribution in [0.1, 0.15) is 11.5 Å². The van der Waals surface area contributed by atoms with Gasteiger partial charge < -0.3 is 4.52 Å². The summed E-state index contributed by atoms with van der Waals surface area (Å²) in [6.45, 7) is 0. The number of rotatable bonds is 5. The topological polar surface area (TPSA) is 73.8 Å². The van der Waals surface area contributed by atoms with Crippen LogP contribution in [0.25, 0.3) is 27.3 Å². The number of thioether (sulfide) groups is 1. The van der Waals surface area contributed by atoms with E-state index in [1.54, 1.807) is 6.07 Å². The van der Waals surface area contributed by atoms with E-state index in [1.165, 1.54) is 39.8 Å². The summed E-state index contributed by atoms with van der Waals surface area (Å²) in [4.78, 5) is 21.9. The van der Waals surface area contributed by atoms with Gasteiger partial charge in [-0.05, 0) is 35.7 Å². The van der Waals surface area contributed by atoms with Crippen molar-refractivity contribution in [3.05, 3.63) is 87.9 Å². The van der Waals surface area contributed by atoms with Crippen molar-refractivity contribution >= 4 is 33.3 Å². The fraction of sp³-hybridized carbons (Fsp3) is 0.0909. The van der Waals surface area contributed by atoms with Crippen LogP contribution in [0.3, 0.4) is 0 Å². The van der Waals surface area contributed by atoms with E-state index >= 15 is 0 Å². The van der Waals surface area contributed by atoms with E-state index in [0.29, 0.717) is 21.1 Å².